The number of hydrogen-bond acceptors (Lipinski definition) is 5. The first kappa shape index (κ1) is 17.0. The molecule has 0 saturated heterocycles. The van der Waals surface area contributed by atoms with Crippen LogP contribution in [0.25, 0.3) is 0 Å². The summed E-state index contributed by atoms with van der Waals surface area (Å²) in [5.74, 6) is -0.802. The number of carbonyl (C=O) groups is 1. The number of aliphatic carboxylic acids is 1. The maximum Gasteiger partial charge on any atom is 0.341 e. The number of rotatable bonds is 7. The third-order valence-electron chi connectivity index (χ3n) is 3.16. The van der Waals surface area contributed by atoms with Crippen molar-refractivity contribution in [2.24, 2.45) is 5.73 Å². The van der Waals surface area contributed by atoms with Gasteiger partial charge in [0.2, 0.25) is 9.84 Å². The number of nitrogens with two attached hydrogens (primary N) is 1. The lowest BCUT2D eigenvalue weighted by Crippen LogP contribution is -2.09. The van der Waals surface area contributed by atoms with Crippen molar-refractivity contribution >= 4 is 15.8 Å². The summed E-state index contributed by atoms with van der Waals surface area (Å²) in [5.41, 5.74) is 6.44. The van der Waals surface area contributed by atoms with Gasteiger partial charge in [-0.2, -0.15) is 0 Å². The van der Waals surface area contributed by atoms with E-state index in [4.69, 9.17) is 15.6 Å². The van der Waals surface area contributed by atoms with E-state index in [1.807, 2.05) is 0 Å². The molecule has 2 rings (SSSR count). The Hall–Kier alpha value is -2.38. The van der Waals surface area contributed by atoms with Crippen LogP contribution < -0.4 is 10.5 Å². The molecule has 0 saturated carbocycles. The number of benzene rings is 2. The van der Waals surface area contributed by atoms with Crippen molar-refractivity contribution < 1.29 is 23.1 Å². The Morgan fingerprint density at radius 2 is 1.52 bits per heavy atom. The second kappa shape index (κ2) is 7.26. The summed E-state index contributed by atoms with van der Waals surface area (Å²) in [6, 6.07) is 12.2. The van der Waals surface area contributed by atoms with Crippen molar-refractivity contribution in [1.82, 2.24) is 0 Å². The fourth-order valence-electron chi connectivity index (χ4n) is 2.00. The van der Waals surface area contributed by atoms with E-state index < -0.39 is 22.4 Å². The van der Waals surface area contributed by atoms with Gasteiger partial charge in [-0.05, 0) is 54.9 Å². The molecule has 0 spiro atoms. The molecule has 0 bridgehead atoms. The molecule has 0 fully saturated rings. The molecule has 7 heteroatoms. The monoisotopic (exact) mass is 335 g/mol. The molecule has 6 nitrogen and oxygen atoms in total. The predicted molar refractivity (Wildman–Crippen MR) is 84.2 cm³/mol. The van der Waals surface area contributed by atoms with Gasteiger partial charge in [0, 0.05) is 0 Å². The molecule has 2 aromatic rings. The first-order chi connectivity index (χ1) is 10.9. The maximum absolute atomic E-state index is 12.5. The van der Waals surface area contributed by atoms with Gasteiger partial charge in [-0.1, -0.05) is 12.1 Å². The van der Waals surface area contributed by atoms with Crippen molar-refractivity contribution in [2.75, 3.05) is 13.2 Å². The Bertz CT molecular complexity index is 767. The van der Waals surface area contributed by atoms with E-state index in [9.17, 15) is 13.2 Å². The number of ether oxygens (including phenoxy) is 1. The van der Waals surface area contributed by atoms with Crippen LogP contribution in [0.15, 0.2) is 58.3 Å². The zero-order chi connectivity index (χ0) is 16.9. The highest BCUT2D eigenvalue weighted by molar-refractivity contribution is 7.91. The average molecular weight is 335 g/mol. The smallest absolute Gasteiger partial charge is 0.341 e. The molecule has 23 heavy (non-hydrogen) atoms. The molecule has 2 aromatic carbocycles. The van der Waals surface area contributed by atoms with Gasteiger partial charge in [-0.25, -0.2) is 13.2 Å². The molecule has 0 atom stereocenters. The number of carboxylic acid groups (broad SMARTS) is 1. The van der Waals surface area contributed by atoms with Crippen LogP contribution in [0.1, 0.15) is 5.56 Å². The van der Waals surface area contributed by atoms with Crippen molar-refractivity contribution in [2.45, 2.75) is 16.2 Å². The van der Waals surface area contributed by atoms with E-state index >= 15 is 0 Å². The Morgan fingerprint density at radius 1 is 1.00 bits per heavy atom. The van der Waals surface area contributed by atoms with Gasteiger partial charge in [-0.15, -0.1) is 0 Å². The Morgan fingerprint density at radius 3 is 2.00 bits per heavy atom. The van der Waals surface area contributed by atoms with E-state index in [0.717, 1.165) is 5.56 Å². The van der Waals surface area contributed by atoms with Gasteiger partial charge in [0.05, 0.1) is 9.79 Å². The minimum absolute atomic E-state index is 0.117. The molecule has 0 aliphatic rings. The summed E-state index contributed by atoms with van der Waals surface area (Å²) in [5, 5.41) is 8.54. The largest absolute Gasteiger partial charge is 0.482 e. The highest BCUT2D eigenvalue weighted by atomic mass is 32.2. The molecule has 0 radical (unpaired) electrons. The maximum atomic E-state index is 12.5. The quantitative estimate of drug-likeness (QED) is 0.794. The molecular weight excluding hydrogens is 318 g/mol. The molecule has 0 aliphatic heterocycles. The molecule has 3 N–H and O–H groups in total. The lowest BCUT2D eigenvalue weighted by atomic mass is 10.2. The zero-order valence-corrected chi connectivity index (χ0v) is 13.1. The van der Waals surface area contributed by atoms with Gasteiger partial charge >= 0.3 is 5.97 Å². The average Bonchev–Trinajstić information content (AvgIpc) is 2.54. The fraction of sp³-hybridized carbons (Fsp3) is 0.188. The highest BCUT2D eigenvalue weighted by Crippen LogP contribution is 2.23. The van der Waals surface area contributed by atoms with E-state index in [1.54, 1.807) is 24.3 Å². The first-order valence-corrected chi connectivity index (χ1v) is 8.40. The fourth-order valence-corrected chi connectivity index (χ4v) is 3.26. The third-order valence-corrected chi connectivity index (χ3v) is 4.95. The summed E-state index contributed by atoms with van der Waals surface area (Å²) in [6.07, 6.45) is 0.690. The van der Waals surface area contributed by atoms with E-state index in [1.165, 1.54) is 24.3 Å². The number of carboxylic acids is 1. The topological polar surface area (TPSA) is 107 Å². The van der Waals surface area contributed by atoms with Gasteiger partial charge in [0.25, 0.3) is 0 Å². The van der Waals surface area contributed by atoms with Crippen molar-refractivity contribution in [1.29, 1.82) is 0 Å². The molecule has 0 amide bonds. The number of hydrogen-bond donors (Lipinski definition) is 2. The van der Waals surface area contributed by atoms with Gasteiger partial charge in [-0.3, -0.25) is 0 Å². The second-order valence-electron chi connectivity index (χ2n) is 4.84. The number of sulfone groups is 1. The van der Waals surface area contributed by atoms with Crippen molar-refractivity contribution in [3.05, 3.63) is 54.1 Å². The first-order valence-electron chi connectivity index (χ1n) is 6.92. The zero-order valence-electron chi connectivity index (χ0n) is 12.3. The van der Waals surface area contributed by atoms with Crippen LogP contribution in [0.4, 0.5) is 0 Å². The Labute approximate surface area is 134 Å². The van der Waals surface area contributed by atoms with E-state index in [-0.39, 0.29) is 9.79 Å². The summed E-state index contributed by atoms with van der Waals surface area (Å²) >= 11 is 0. The molecule has 0 aliphatic carbocycles. The third kappa shape index (κ3) is 4.30. The minimum Gasteiger partial charge on any atom is -0.482 e. The molecular formula is C16H17NO5S. The van der Waals surface area contributed by atoms with E-state index in [0.29, 0.717) is 18.7 Å². The van der Waals surface area contributed by atoms with Crippen LogP contribution in [0.2, 0.25) is 0 Å². The minimum atomic E-state index is -3.62. The van der Waals surface area contributed by atoms with Crippen LogP contribution in [-0.4, -0.2) is 32.6 Å². The van der Waals surface area contributed by atoms with Gasteiger partial charge in [0.15, 0.2) is 6.61 Å². The van der Waals surface area contributed by atoms with Crippen LogP contribution >= 0.6 is 0 Å². The Kier molecular flexibility index (Phi) is 5.36. The standard InChI is InChI=1S/C16H17NO5S/c17-10-9-12-1-5-14(6-2-12)23(20,21)15-7-3-13(4-8-15)22-11-16(18)19/h1-8H,9-11,17H2,(H,18,19). The SMILES string of the molecule is NCCc1ccc(S(=O)(=O)c2ccc(OCC(=O)O)cc2)cc1. The molecule has 122 valence electrons. The van der Waals surface area contributed by atoms with Crippen LogP contribution in [0.3, 0.4) is 0 Å². The summed E-state index contributed by atoms with van der Waals surface area (Å²) in [7, 11) is -3.62. The summed E-state index contributed by atoms with van der Waals surface area (Å²) in [4.78, 5) is 10.7. The van der Waals surface area contributed by atoms with Crippen molar-refractivity contribution in [3.63, 3.8) is 0 Å². The van der Waals surface area contributed by atoms with Gasteiger partial charge < -0.3 is 15.6 Å². The summed E-state index contributed by atoms with van der Waals surface area (Å²) < 4.78 is 30.0. The Balaban J connectivity index is 2.20. The van der Waals surface area contributed by atoms with Crippen LogP contribution in [0, 0.1) is 0 Å². The molecule has 0 heterocycles. The molecule has 0 unspecified atom stereocenters. The lowest BCUT2D eigenvalue weighted by Gasteiger charge is -2.07. The highest BCUT2D eigenvalue weighted by Gasteiger charge is 2.17. The predicted octanol–water partition coefficient (Wildman–Crippen LogP) is 1.48. The van der Waals surface area contributed by atoms with Crippen molar-refractivity contribution in [3.8, 4) is 5.75 Å². The summed E-state index contributed by atoms with van der Waals surface area (Å²) in [6.45, 7) is 0.0264. The van der Waals surface area contributed by atoms with Crippen LogP contribution in [0.5, 0.6) is 5.75 Å². The normalized spacial score (nSPS) is 11.2. The second-order valence-corrected chi connectivity index (χ2v) is 6.79. The van der Waals surface area contributed by atoms with Gasteiger partial charge in [0.1, 0.15) is 5.75 Å². The van der Waals surface area contributed by atoms with E-state index in [2.05, 4.69) is 0 Å². The molecule has 0 aromatic heterocycles. The lowest BCUT2D eigenvalue weighted by molar-refractivity contribution is -0.139. The van der Waals surface area contributed by atoms with Crippen LogP contribution in [-0.2, 0) is 21.1 Å².